The number of aromatic hydroxyl groups is 1. The molecule has 0 bridgehead atoms. The number of amides is 1. The molecular weight excluding hydrogens is 580 g/mol. The first kappa shape index (κ1) is 38.0. The van der Waals surface area contributed by atoms with E-state index in [1.807, 2.05) is 50.6 Å². The molecular formula is C30H38N2O8S2. The fourth-order valence-electron chi connectivity index (χ4n) is 2.53. The highest BCUT2D eigenvalue weighted by molar-refractivity contribution is 7.98. The maximum atomic E-state index is 11.6. The Morgan fingerprint density at radius 1 is 0.905 bits per heavy atom. The smallest absolute Gasteiger partial charge is 0.412 e. The van der Waals surface area contributed by atoms with E-state index in [0.717, 1.165) is 16.0 Å². The second kappa shape index (κ2) is 21.7. The van der Waals surface area contributed by atoms with Gasteiger partial charge in [-0.2, -0.15) is 0 Å². The highest BCUT2D eigenvalue weighted by atomic mass is 32.2. The minimum atomic E-state index is -0.582. The van der Waals surface area contributed by atoms with Gasteiger partial charge in [0.2, 0.25) is 6.08 Å². The molecule has 0 aromatic heterocycles. The Kier molecular flexibility index (Phi) is 19.7. The number of rotatable bonds is 11. The Morgan fingerprint density at radius 3 is 1.90 bits per heavy atom. The second-order valence-corrected chi connectivity index (χ2v) is 10.2. The molecule has 2 aromatic carbocycles. The molecule has 0 saturated carbocycles. The summed E-state index contributed by atoms with van der Waals surface area (Å²) in [5.74, 6) is -0.0678. The Labute approximate surface area is 255 Å². The molecule has 0 aliphatic heterocycles. The molecule has 0 spiro atoms. The van der Waals surface area contributed by atoms with E-state index < -0.39 is 18.0 Å². The summed E-state index contributed by atoms with van der Waals surface area (Å²) in [6.07, 6.45) is 4.75. The second-order valence-electron chi connectivity index (χ2n) is 8.41. The van der Waals surface area contributed by atoms with Crippen LogP contribution < -0.4 is 10.1 Å². The van der Waals surface area contributed by atoms with Crippen molar-refractivity contribution in [2.75, 3.05) is 38.8 Å². The fraction of sp³-hybridized carbons (Fsp3) is 0.333. The quantitative estimate of drug-likeness (QED) is 0.0794. The lowest BCUT2D eigenvalue weighted by molar-refractivity contribution is -0.139. The van der Waals surface area contributed by atoms with Crippen molar-refractivity contribution in [3.63, 3.8) is 0 Å². The van der Waals surface area contributed by atoms with Gasteiger partial charge >= 0.3 is 18.0 Å². The number of benzene rings is 2. The van der Waals surface area contributed by atoms with Gasteiger partial charge in [-0.1, -0.05) is 13.2 Å². The van der Waals surface area contributed by atoms with E-state index in [2.05, 4.69) is 28.2 Å². The zero-order valence-corrected chi connectivity index (χ0v) is 26.4. The van der Waals surface area contributed by atoms with Crippen LogP contribution in [0.1, 0.15) is 25.0 Å². The van der Waals surface area contributed by atoms with Crippen LogP contribution >= 0.6 is 23.5 Å². The number of phenolic OH excluding ortho intramolecular Hbond substituents is 1. The predicted octanol–water partition coefficient (Wildman–Crippen LogP) is 5.79. The number of aliphatic imine (C=N–C) groups is 1. The number of hydrogen-bond donors (Lipinski definition) is 2. The van der Waals surface area contributed by atoms with Crippen LogP contribution in [0.2, 0.25) is 0 Å². The lowest BCUT2D eigenvalue weighted by atomic mass is 10.2. The van der Waals surface area contributed by atoms with Crippen molar-refractivity contribution in [1.29, 1.82) is 0 Å². The van der Waals surface area contributed by atoms with Crippen molar-refractivity contribution >= 4 is 47.6 Å². The first-order chi connectivity index (χ1) is 19.9. The number of carbonyl (C=O) groups excluding carboxylic acids is 4. The zero-order chi connectivity index (χ0) is 32.1. The first-order valence-corrected chi connectivity index (χ1v) is 14.9. The fourth-order valence-corrected chi connectivity index (χ4v) is 3.52. The largest absolute Gasteiger partial charge is 0.508 e. The number of carbonyl (C=O) groups is 3. The number of isocyanates is 1. The van der Waals surface area contributed by atoms with Gasteiger partial charge in [0.25, 0.3) is 0 Å². The van der Waals surface area contributed by atoms with Crippen molar-refractivity contribution in [1.82, 2.24) is 5.32 Å². The number of phenols is 1. The Balaban J connectivity index is 0.000000670. The molecule has 0 atom stereocenters. The third-order valence-corrected chi connectivity index (χ3v) is 6.24. The van der Waals surface area contributed by atoms with Gasteiger partial charge in [0.05, 0.1) is 13.1 Å². The number of nitrogens with zero attached hydrogens (tertiary/aromatic N) is 1. The molecule has 0 fully saturated rings. The number of thioether (sulfide) groups is 2. The van der Waals surface area contributed by atoms with Crippen LogP contribution in [0.15, 0.2) is 75.5 Å². The van der Waals surface area contributed by atoms with Crippen LogP contribution in [0.25, 0.3) is 0 Å². The molecule has 0 aliphatic carbocycles. The molecule has 2 N–H and O–H groups in total. The van der Waals surface area contributed by atoms with E-state index in [4.69, 9.17) is 14.6 Å². The van der Waals surface area contributed by atoms with Crippen LogP contribution in [0.5, 0.6) is 11.5 Å². The molecule has 0 saturated heterocycles. The summed E-state index contributed by atoms with van der Waals surface area (Å²) in [5, 5.41) is 11.6. The molecule has 1 amide bonds. The van der Waals surface area contributed by atoms with Crippen molar-refractivity contribution in [2.45, 2.75) is 37.5 Å². The van der Waals surface area contributed by atoms with Crippen LogP contribution in [-0.4, -0.2) is 68.0 Å². The topological polar surface area (TPSA) is 141 Å². The summed E-state index contributed by atoms with van der Waals surface area (Å²) in [4.78, 5) is 48.4. The molecule has 42 heavy (non-hydrogen) atoms. The van der Waals surface area contributed by atoms with Gasteiger partial charge in [0.1, 0.15) is 24.7 Å². The summed E-state index contributed by atoms with van der Waals surface area (Å²) in [7, 11) is 0. The van der Waals surface area contributed by atoms with E-state index in [1.165, 1.54) is 11.0 Å². The van der Waals surface area contributed by atoms with Gasteiger partial charge in [-0.3, -0.25) is 0 Å². The minimum absolute atomic E-state index is 0.0746. The van der Waals surface area contributed by atoms with Crippen molar-refractivity contribution in [3.8, 4) is 11.5 Å². The van der Waals surface area contributed by atoms with Crippen molar-refractivity contribution in [2.24, 2.45) is 4.99 Å². The van der Waals surface area contributed by atoms with Gasteiger partial charge < -0.3 is 24.6 Å². The summed E-state index contributed by atoms with van der Waals surface area (Å²) >= 11 is 3.30. The van der Waals surface area contributed by atoms with Crippen LogP contribution in [0, 0.1) is 13.8 Å². The summed E-state index contributed by atoms with van der Waals surface area (Å²) in [6.45, 7) is 14.2. The normalized spacial score (nSPS) is 9.38. The monoisotopic (exact) mass is 618 g/mol. The number of hydrogen-bond acceptors (Lipinski definition) is 11. The molecule has 0 aliphatic rings. The minimum Gasteiger partial charge on any atom is -0.508 e. The van der Waals surface area contributed by atoms with Gasteiger partial charge in [0, 0.05) is 20.9 Å². The van der Waals surface area contributed by atoms with E-state index in [0.29, 0.717) is 22.6 Å². The summed E-state index contributed by atoms with van der Waals surface area (Å²) < 4.78 is 14.6. The zero-order valence-electron chi connectivity index (χ0n) is 24.8. The number of aryl methyl sites for hydroxylation is 2. The van der Waals surface area contributed by atoms with Gasteiger partial charge in [-0.25, -0.2) is 24.2 Å². The number of ether oxygens (including phenoxy) is 3. The highest BCUT2D eigenvalue weighted by Gasteiger charge is 2.08. The lowest BCUT2D eigenvalue weighted by Gasteiger charge is -2.10. The Hall–Kier alpha value is -3.99. The van der Waals surface area contributed by atoms with Crippen molar-refractivity contribution in [3.05, 3.63) is 71.8 Å². The van der Waals surface area contributed by atoms with Crippen LogP contribution in [0.3, 0.4) is 0 Å². The third-order valence-electron chi connectivity index (χ3n) is 4.79. The molecule has 0 heterocycles. The van der Waals surface area contributed by atoms with E-state index in [-0.39, 0.29) is 26.3 Å². The van der Waals surface area contributed by atoms with Gasteiger partial charge in [0.15, 0.2) is 0 Å². The molecule has 0 radical (unpaired) electrons. The predicted molar refractivity (Wildman–Crippen MR) is 166 cm³/mol. The molecule has 10 nitrogen and oxygen atoms in total. The maximum Gasteiger partial charge on any atom is 0.412 e. The van der Waals surface area contributed by atoms with Gasteiger partial charge in [-0.15, -0.1) is 23.5 Å². The van der Waals surface area contributed by atoms with Gasteiger partial charge in [-0.05, 0) is 87.7 Å². The lowest BCUT2D eigenvalue weighted by Crippen LogP contribution is -2.30. The summed E-state index contributed by atoms with van der Waals surface area (Å²) in [6, 6.07) is 11.2. The first-order valence-electron chi connectivity index (χ1n) is 12.5. The molecule has 0 unspecified atom stereocenters. The third kappa shape index (κ3) is 17.0. The van der Waals surface area contributed by atoms with Crippen molar-refractivity contribution < 1.29 is 38.5 Å². The molecule has 12 heteroatoms. The average Bonchev–Trinajstić information content (AvgIpc) is 2.96. The number of esters is 2. The molecule has 228 valence electrons. The Bertz CT molecular complexity index is 1270. The molecule has 2 rings (SSSR count). The highest BCUT2D eigenvalue weighted by Crippen LogP contribution is 2.24. The van der Waals surface area contributed by atoms with E-state index >= 15 is 0 Å². The van der Waals surface area contributed by atoms with E-state index in [9.17, 15) is 19.2 Å². The Morgan fingerprint density at radius 2 is 1.43 bits per heavy atom. The average molecular weight is 619 g/mol. The SMILES string of the molecule is C=C(C)C(=O)OCCN=C=O.C=C(C)C(=O)OCCNC(=O)Oc1ccc(SC)cc1C.CSc1ccc(O)c(C)c1. The van der Waals surface area contributed by atoms with E-state index in [1.54, 1.807) is 49.5 Å². The standard InChI is InChI=1S/C15H19NO4S.C8H10OS.C7H9NO3/c1-10(2)14(17)19-8-7-16-15(18)20-13-6-5-12(21-4)9-11(13)3;1-6-5-7(10-2)3-4-8(6)9;1-6(2)7(10)11-4-3-8-5-9/h5-6,9H,1,7-8H2,2-4H3,(H,16,18);3-5,9H,1-2H3;1,3-4H2,2H3. The van der Waals surface area contributed by atoms with Crippen LogP contribution in [0.4, 0.5) is 4.79 Å². The molecule has 2 aromatic rings. The number of nitrogens with one attached hydrogen (secondary N) is 1. The van der Waals surface area contributed by atoms with Crippen LogP contribution in [-0.2, 0) is 23.9 Å². The summed E-state index contributed by atoms with van der Waals surface area (Å²) in [5.41, 5.74) is 2.47. The maximum absolute atomic E-state index is 11.6.